The lowest BCUT2D eigenvalue weighted by Gasteiger charge is -1.94. The molecule has 0 aliphatic rings. The Morgan fingerprint density at radius 1 is 1.25 bits per heavy atom. The summed E-state index contributed by atoms with van der Waals surface area (Å²) in [6.07, 6.45) is 0. The van der Waals surface area contributed by atoms with Gasteiger partial charge in [-0.3, -0.25) is 0 Å². The monoisotopic (exact) mass is 249 g/mol. The third-order valence-electron chi connectivity index (χ3n) is 1.43. The maximum Gasteiger partial charge on any atom is 0.673 e. The van der Waals surface area contributed by atoms with Crippen LogP contribution in [0.25, 0.3) is 15.2 Å². The quantitative estimate of drug-likeness (QED) is 0.401. The van der Waals surface area contributed by atoms with Gasteiger partial charge >= 0.3 is 12.9 Å². The Labute approximate surface area is 91.5 Å². The first-order valence-corrected chi connectivity index (χ1v) is 4.84. The number of hydrogen-bond acceptors (Lipinski definition) is 3. The van der Waals surface area contributed by atoms with E-state index in [1.807, 2.05) is 6.07 Å². The van der Waals surface area contributed by atoms with E-state index in [4.69, 9.17) is 5.39 Å². The molecule has 0 N–H and O–H groups in total. The lowest BCUT2D eigenvalue weighted by Crippen LogP contribution is -2.02. The minimum absolute atomic E-state index is 0.571. The first-order chi connectivity index (χ1) is 7.40. The van der Waals surface area contributed by atoms with Gasteiger partial charge < -0.3 is 17.3 Å². The van der Waals surface area contributed by atoms with Gasteiger partial charge in [-0.2, -0.15) is 0 Å². The van der Waals surface area contributed by atoms with Gasteiger partial charge in [-0.25, -0.2) is 4.98 Å². The molecule has 2 aromatic rings. The molecule has 16 heavy (non-hydrogen) atoms. The molecular formula is C7H4BF4N3S. The molecule has 84 valence electrons. The summed E-state index contributed by atoms with van der Waals surface area (Å²) in [5.74, 6) is 0. The van der Waals surface area contributed by atoms with Gasteiger partial charge in [0.15, 0.2) is 4.98 Å². The summed E-state index contributed by atoms with van der Waals surface area (Å²) in [5, 5.41) is 8.44. The minimum Gasteiger partial charge on any atom is -0.418 e. The van der Waals surface area contributed by atoms with Crippen LogP contribution in [0, 0.1) is 5.39 Å². The van der Waals surface area contributed by atoms with Crippen molar-refractivity contribution in [1.82, 2.24) is 4.98 Å². The second-order valence-corrected chi connectivity index (χ2v) is 3.49. The molecule has 9 heteroatoms. The molecule has 2 rings (SSSR count). The summed E-state index contributed by atoms with van der Waals surface area (Å²) in [7, 11) is -6.00. The van der Waals surface area contributed by atoms with E-state index in [1.54, 1.807) is 17.6 Å². The molecule has 0 spiro atoms. The highest BCUT2D eigenvalue weighted by Gasteiger charge is 2.20. The molecule has 0 unspecified atom stereocenters. The molecule has 1 aromatic heterocycles. The molecule has 0 saturated carbocycles. The van der Waals surface area contributed by atoms with E-state index in [9.17, 15) is 17.3 Å². The zero-order valence-corrected chi connectivity index (χ0v) is 8.46. The smallest absolute Gasteiger partial charge is 0.418 e. The number of diazo groups is 1. The van der Waals surface area contributed by atoms with Gasteiger partial charge in [0, 0.05) is 6.07 Å². The Kier molecular flexibility index (Phi) is 3.79. The normalized spacial score (nSPS) is 10.4. The maximum absolute atomic E-state index is 9.75. The molecule has 1 heterocycles. The van der Waals surface area contributed by atoms with Crippen molar-refractivity contribution in [2.24, 2.45) is 0 Å². The molecule has 0 bridgehead atoms. The van der Waals surface area contributed by atoms with Crippen molar-refractivity contribution in [3.05, 3.63) is 28.7 Å². The van der Waals surface area contributed by atoms with Crippen LogP contribution in [-0.4, -0.2) is 12.2 Å². The second kappa shape index (κ2) is 4.89. The topological polar surface area (TPSA) is 41.0 Å². The third-order valence-corrected chi connectivity index (χ3v) is 2.22. The van der Waals surface area contributed by atoms with Crippen LogP contribution in [0.4, 0.5) is 23.0 Å². The van der Waals surface area contributed by atoms with Crippen molar-refractivity contribution in [2.45, 2.75) is 0 Å². The second-order valence-electron chi connectivity index (χ2n) is 2.60. The van der Waals surface area contributed by atoms with E-state index in [-0.39, 0.29) is 0 Å². The van der Waals surface area contributed by atoms with Crippen LogP contribution in [-0.2, 0) is 0 Å². The molecule has 1 aromatic carbocycles. The van der Waals surface area contributed by atoms with Gasteiger partial charge in [0.05, 0.1) is 21.8 Å². The molecule has 0 aliphatic carbocycles. The van der Waals surface area contributed by atoms with Gasteiger partial charge in [-0.15, -0.1) is 11.3 Å². The molecule has 0 radical (unpaired) electrons. The number of nitrogens with zero attached hydrogens (tertiary/aromatic N) is 3. The van der Waals surface area contributed by atoms with Gasteiger partial charge in [0.25, 0.3) is 0 Å². The number of halogens is 4. The van der Waals surface area contributed by atoms with Gasteiger partial charge in [-0.1, -0.05) is 0 Å². The average Bonchev–Trinajstić information content (AvgIpc) is 2.61. The van der Waals surface area contributed by atoms with Crippen molar-refractivity contribution < 1.29 is 17.3 Å². The number of rotatable bonds is 0. The zero-order valence-electron chi connectivity index (χ0n) is 7.65. The first kappa shape index (κ1) is 12.4. The Morgan fingerprint density at radius 3 is 2.44 bits per heavy atom. The predicted molar refractivity (Wildman–Crippen MR) is 54.6 cm³/mol. The van der Waals surface area contributed by atoms with E-state index >= 15 is 0 Å². The highest BCUT2D eigenvalue weighted by Crippen LogP contribution is 2.23. The van der Waals surface area contributed by atoms with Crippen molar-refractivity contribution in [1.29, 1.82) is 5.39 Å². The molecule has 0 amide bonds. The van der Waals surface area contributed by atoms with Crippen LogP contribution in [0.3, 0.4) is 0 Å². The largest absolute Gasteiger partial charge is 0.673 e. The molecule has 3 nitrogen and oxygen atoms in total. The Balaban J connectivity index is 0.000000221. The highest BCUT2D eigenvalue weighted by atomic mass is 32.1. The first-order valence-electron chi connectivity index (χ1n) is 3.96. The van der Waals surface area contributed by atoms with E-state index < -0.39 is 7.25 Å². The number of fused-ring (bicyclic) bond motifs is 1. The van der Waals surface area contributed by atoms with Crippen molar-refractivity contribution >= 4 is 34.5 Å². The van der Waals surface area contributed by atoms with Gasteiger partial charge in [0.2, 0.25) is 5.39 Å². The zero-order chi connectivity index (χ0) is 12.2. The fraction of sp³-hybridized carbons (Fsp3) is 0. The molecular weight excluding hydrogens is 245 g/mol. The van der Waals surface area contributed by atoms with Crippen LogP contribution >= 0.6 is 11.3 Å². The van der Waals surface area contributed by atoms with Crippen LogP contribution in [0.2, 0.25) is 0 Å². The van der Waals surface area contributed by atoms with E-state index in [0.717, 1.165) is 10.2 Å². The Bertz CT molecular complexity index is 512. The summed E-state index contributed by atoms with van der Waals surface area (Å²) >= 11 is 1.53. The lowest BCUT2D eigenvalue weighted by molar-refractivity contribution is 0.368. The van der Waals surface area contributed by atoms with Crippen LogP contribution in [0.15, 0.2) is 23.7 Å². The predicted octanol–water partition coefficient (Wildman–Crippen LogP) is 4.08. The van der Waals surface area contributed by atoms with Crippen LogP contribution in [0.1, 0.15) is 0 Å². The maximum atomic E-state index is 9.75. The number of benzene rings is 1. The summed E-state index contributed by atoms with van der Waals surface area (Å²) in [5.41, 5.74) is 3.29. The van der Waals surface area contributed by atoms with E-state index in [0.29, 0.717) is 5.69 Å². The third kappa shape index (κ3) is 4.23. The lowest BCUT2D eigenvalue weighted by atomic mass is 10.3. The van der Waals surface area contributed by atoms with E-state index in [1.165, 1.54) is 11.3 Å². The van der Waals surface area contributed by atoms with Gasteiger partial charge in [-0.05, 0) is 6.07 Å². The summed E-state index contributed by atoms with van der Waals surface area (Å²) < 4.78 is 40.0. The molecule has 0 atom stereocenters. The fourth-order valence-electron chi connectivity index (χ4n) is 0.906. The van der Waals surface area contributed by atoms with Crippen LogP contribution < -0.4 is 0 Å². The van der Waals surface area contributed by atoms with Gasteiger partial charge in [0.1, 0.15) is 0 Å². The average molecular weight is 249 g/mol. The number of thiazole rings is 1. The summed E-state index contributed by atoms with van der Waals surface area (Å²) in [6.45, 7) is 0. The molecule has 0 saturated heterocycles. The standard InChI is InChI=1S/C7H4N3S.BF4/c8-10-5-1-2-6-7(3-5)11-4-9-6;2-1(3,4)5/h1-4H;/q+1;-1. The summed E-state index contributed by atoms with van der Waals surface area (Å²) in [6, 6.07) is 5.36. The molecule has 0 aliphatic heterocycles. The van der Waals surface area contributed by atoms with Crippen molar-refractivity contribution in [3.63, 3.8) is 0 Å². The number of hydrogen-bond donors (Lipinski definition) is 0. The Hall–Kier alpha value is -1.69. The van der Waals surface area contributed by atoms with Crippen molar-refractivity contribution in [3.8, 4) is 0 Å². The fourth-order valence-corrected chi connectivity index (χ4v) is 1.62. The van der Waals surface area contributed by atoms with Crippen LogP contribution in [0.5, 0.6) is 0 Å². The molecule has 0 fully saturated rings. The highest BCUT2D eigenvalue weighted by molar-refractivity contribution is 7.16. The minimum atomic E-state index is -6.00. The SMILES string of the molecule is F[B-](F)(F)F.N#[N+]c1ccc2ncsc2c1. The van der Waals surface area contributed by atoms with E-state index in [2.05, 4.69) is 9.96 Å². The van der Waals surface area contributed by atoms with Crippen molar-refractivity contribution in [2.75, 3.05) is 0 Å². The number of aromatic nitrogens is 1. The Morgan fingerprint density at radius 2 is 1.88 bits per heavy atom. The summed E-state index contributed by atoms with van der Waals surface area (Å²) in [4.78, 5) is 7.17.